The molecule has 0 aliphatic rings. The number of hydrogen-bond donors (Lipinski definition) is 2. The number of aromatic nitrogens is 4. The number of aromatic amines is 1. The number of hydrogen-bond acceptors (Lipinski definition) is 5. The van der Waals surface area contributed by atoms with Gasteiger partial charge in [-0.3, -0.25) is 10.1 Å². The molecule has 3 rings (SSSR count). The second kappa shape index (κ2) is 5.17. The van der Waals surface area contributed by atoms with E-state index in [4.69, 9.17) is 34.8 Å². The van der Waals surface area contributed by atoms with Gasteiger partial charge in [-0.05, 0) is 6.07 Å². The highest BCUT2D eigenvalue weighted by Crippen LogP contribution is 2.31. The zero-order valence-electron chi connectivity index (χ0n) is 9.45. The minimum absolute atomic E-state index is 0.0398. The summed E-state index contributed by atoms with van der Waals surface area (Å²) in [6, 6.07) is 1.47. The maximum atomic E-state index is 12.0. The van der Waals surface area contributed by atoms with Gasteiger partial charge in [-0.1, -0.05) is 34.8 Å². The lowest BCUT2D eigenvalue weighted by Crippen LogP contribution is -2.14. The van der Waals surface area contributed by atoms with Crippen LogP contribution in [0.3, 0.4) is 0 Å². The molecule has 10 heteroatoms. The first-order valence-electron chi connectivity index (χ1n) is 5.17. The molecule has 0 aliphatic carbocycles. The molecule has 0 atom stereocenters. The number of H-pyrrole nitrogens is 1. The van der Waals surface area contributed by atoms with Gasteiger partial charge in [0.2, 0.25) is 5.95 Å². The van der Waals surface area contributed by atoms with Gasteiger partial charge >= 0.3 is 0 Å². The van der Waals surface area contributed by atoms with E-state index in [2.05, 4.69) is 25.3 Å². The summed E-state index contributed by atoms with van der Waals surface area (Å²) in [5.41, 5.74) is 1.11. The Labute approximate surface area is 131 Å². The summed E-state index contributed by atoms with van der Waals surface area (Å²) in [4.78, 5) is 26.8. The van der Waals surface area contributed by atoms with Gasteiger partial charge in [0.25, 0.3) is 5.91 Å². The highest BCUT2D eigenvalue weighted by Gasteiger charge is 2.16. The summed E-state index contributed by atoms with van der Waals surface area (Å²) >= 11 is 18.7. The van der Waals surface area contributed by atoms with Crippen LogP contribution in [0.4, 0.5) is 5.95 Å². The Hall–Kier alpha value is -1.41. The van der Waals surface area contributed by atoms with Gasteiger partial charge in [0.05, 0.1) is 16.2 Å². The monoisotopic (exact) mass is 347 g/mol. The van der Waals surface area contributed by atoms with Crippen LogP contribution in [0.5, 0.6) is 0 Å². The van der Waals surface area contributed by atoms with Crippen LogP contribution in [0.15, 0.2) is 12.4 Å². The molecule has 1 amide bonds. The van der Waals surface area contributed by atoms with Crippen molar-refractivity contribution in [1.29, 1.82) is 0 Å². The van der Waals surface area contributed by atoms with Crippen molar-refractivity contribution in [1.82, 2.24) is 19.9 Å². The van der Waals surface area contributed by atoms with Gasteiger partial charge in [0.15, 0.2) is 10.8 Å². The first-order chi connectivity index (χ1) is 9.54. The maximum absolute atomic E-state index is 12.0. The minimum atomic E-state index is -0.468. The molecule has 3 heterocycles. The second-order valence-electron chi connectivity index (χ2n) is 3.63. The van der Waals surface area contributed by atoms with Crippen molar-refractivity contribution < 1.29 is 4.79 Å². The zero-order chi connectivity index (χ0) is 14.3. The fourth-order valence-corrected chi connectivity index (χ4v) is 3.20. The van der Waals surface area contributed by atoms with E-state index in [1.54, 1.807) is 0 Å². The van der Waals surface area contributed by atoms with Crippen LogP contribution in [0.25, 0.3) is 11.2 Å². The molecular formula is C10H4Cl3N5OS. The molecule has 2 N–H and O–H groups in total. The number of anilines is 1. The fraction of sp³-hybridized carbons (Fsp3) is 0. The molecule has 0 aromatic carbocycles. The van der Waals surface area contributed by atoms with Crippen molar-refractivity contribution in [2.45, 2.75) is 0 Å². The molecule has 0 unspecified atom stereocenters. The Morgan fingerprint density at radius 3 is 2.80 bits per heavy atom. The van der Waals surface area contributed by atoms with Gasteiger partial charge in [-0.15, -0.1) is 11.3 Å². The maximum Gasteiger partial charge on any atom is 0.260 e. The first-order valence-corrected chi connectivity index (χ1v) is 7.12. The van der Waals surface area contributed by atoms with E-state index in [0.717, 1.165) is 11.3 Å². The highest BCUT2D eigenvalue weighted by atomic mass is 35.5. The number of nitrogens with zero attached hydrogens (tertiary/aromatic N) is 3. The van der Waals surface area contributed by atoms with E-state index in [9.17, 15) is 4.79 Å². The predicted molar refractivity (Wildman–Crippen MR) is 79.0 cm³/mol. The molecule has 0 fully saturated rings. The van der Waals surface area contributed by atoms with E-state index in [1.807, 2.05) is 0 Å². The molecule has 0 spiro atoms. The number of nitrogens with one attached hydrogen (secondary N) is 2. The number of fused-ring (bicyclic) bond motifs is 1. The first kappa shape index (κ1) is 13.6. The summed E-state index contributed by atoms with van der Waals surface area (Å²) in [6.45, 7) is 0. The average Bonchev–Trinajstić information content (AvgIpc) is 2.95. The van der Waals surface area contributed by atoms with Crippen molar-refractivity contribution in [2.75, 3.05) is 5.32 Å². The Bertz CT molecular complexity index is 814. The minimum Gasteiger partial charge on any atom is -0.341 e. The van der Waals surface area contributed by atoms with E-state index in [1.165, 1.54) is 12.4 Å². The van der Waals surface area contributed by atoms with Crippen LogP contribution in [-0.4, -0.2) is 25.8 Å². The van der Waals surface area contributed by atoms with Crippen LogP contribution in [-0.2, 0) is 0 Å². The lowest BCUT2D eigenvalue weighted by atomic mass is 10.3. The number of thiophene rings is 1. The fourth-order valence-electron chi connectivity index (χ4n) is 1.52. The van der Waals surface area contributed by atoms with Crippen molar-refractivity contribution in [3.8, 4) is 0 Å². The molecule has 0 aliphatic heterocycles. The number of halogens is 3. The number of rotatable bonds is 2. The molecule has 3 aromatic rings. The zero-order valence-corrected chi connectivity index (χ0v) is 12.5. The Kier molecular flexibility index (Phi) is 3.51. The predicted octanol–water partition coefficient (Wildman–Crippen LogP) is 3.63. The Morgan fingerprint density at radius 1 is 1.30 bits per heavy atom. The number of imidazole rings is 1. The summed E-state index contributed by atoms with van der Waals surface area (Å²) in [5, 5.41) is 2.66. The normalized spacial score (nSPS) is 10.9. The van der Waals surface area contributed by atoms with Crippen molar-refractivity contribution in [3.05, 3.63) is 31.8 Å². The molecule has 0 bridgehead atoms. The van der Waals surface area contributed by atoms with Gasteiger partial charge < -0.3 is 4.98 Å². The van der Waals surface area contributed by atoms with Gasteiger partial charge in [0, 0.05) is 0 Å². The van der Waals surface area contributed by atoms with Crippen LogP contribution in [0.2, 0.25) is 13.8 Å². The van der Waals surface area contributed by atoms with E-state index in [0.29, 0.717) is 19.8 Å². The summed E-state index contributed by atoms with van der Waals surface area (Å²) in [5.74, 6) is -0.429. The van der Waals surface area contributed by atoms with Gasteiger partial charge in [-0.25, -0.2) is 4.98 Å². The number of amides is 1. The van der Waals surface area contributed by atoms with Crippen LogP contribution in [0, 0.1) is 0 Å². The molecule has 0 radical (unpaired) electrons. The standard InChI is InChI=1S/C10H4Cl3N5OS/c11-4-1-3(7(13)20-4)9(19)18-10-16-6(12)5-8(17-10)15-2-14-5/h1-2H,(H2,14,15,16,17,18,19). The molecule has 20 heavy (non-hydrogen) atoms. The van der Waals surface area contributed by atoms with E-state index >= 15 is 0 Å². The topological polar surface area (TPSA) is 83.6 Å². The molecule has 0 saturated heterocycles. The molecular weight excluding hydrogens is 345 g/mol. The molecule has 102 valence electrons. The van der Waals surface area contributed by atoms with Crippen LogP contribution >= 0.6 is 46.1 Å². The summed E-state index contributed by atoms with van der Waals surface area (Å²) in [7, 11) is 0. The number of carbonyl (C=O) groups excluding carboxylic acids is 1. The highest BCUT2D eigenvalue weighted by molar-refractivity contribution is 7.20. The van der Waals surface area contributed by atoms with Crippen LogP contribution in [0.1, 0.15) is 10.4 Å². The number of carbonyl (C=O) groups is 1. The van der Waals surface area contributed by atoms with Crippen molar-refractivity contribution in [2.24, 2.45) is 0 Å². The SMILES string of the molecule is O=C(Nc1nc(Cl)c2[nH]cnc2n1)c1cc(Cl)sc1Cl. The molecule has 3 aromatic heterocycles. The molecule has 0 saturated carbocycles. The largest absolute Gasteiger partial charge is 0.341 e. The third-order valence-corrected chi connectivity index (χ3v) is 4.13. The second-order valence-corrected chi connectivity index (χ2v) is 6.27. The Morgan fingerprint density at radius 2 is 2.10 bits per heavy atom. The van der Waals surface area contributed by atoms with Gasteiger partial charge in [-0.2, -0.15) is 9.97 Å². The lowest BCUT2D eigenvalue weighted by Gasteiger charge is -2.03. The summed E-state index contributed by atoms with van der Waals surface area (Å²) < 4.78 is 0.710. The Balaban J connectivity index is 1.93. The third-order valence-electron chi connectivity index (χ3n) is 2.37. The third kappa shape index (κ3) is 2.45. The van der Waals surface area contributed by atoms with Crippen molar-refractivity contribution in [3.63, 3.8) is 0 Å². The van der Waals surface area contributed by atoms with Gasteiger partial charge in [0.1, 0.15) is 9.85 Å². The smallest absolute Gasteiger partial charge is 0.260 e. The summed E-state index contributed by atoms with van der Waals surface area (Å²) in [6.07, 6.45) is 1.44. The van der Waals surface area contributed by atoms with Crippen molar-refractivity contribution >= 4 is 69.2 Å². The molecule has 6 nitrogen and oxygen atoms in total. The average molecular weight is 349 g/mol. The van der Waals surface area contributed by atoms with E-state index < -0.39 is 5.91 Å². The quantitative estimate of drug-likeness (QED) is 0.693. The van der Waals surface area contributed by atoms with E-state index in [-0.39, 0.29) is 16.7 Å². The lowest BCUT2D eigenvalue weighted by molar-refractivity contribution is 0.102. The van der Waals surface area contributed by atoms with Crippen LogP contribution < -0.4 is 5.32 Å².